The highest BCUT2D eigenvalue weighted by Gasteiger charge is 2.25. The minimum absolute atomic E-state index is 0.434. The fourth-order valence-corrected chi connectivity index (χ4v) is 1.12. The Morgan fingerprint density at radius 1 is 1.53 bits per heavy atom. The van der Waals surface area contributed by atoms with Crippen molar-refractivity contribution in [1.29, 1.82) is 0 Å². The Hall–Kier alpha value is -1.62. The summed E-state index contributed by atoms with van der Waals surface area (Å²) >= 11 is 0. The Balaban J connectivity index is 2.33. The molecule has 2 N–H and O–H groups in total. The van der Waals surface area contributed by atoms with Gasteiger partial charge in [0.1, 0.15) is 6.26 Å². The van der Waals surface area contributed by atoms with E-state index in [1.54, 1.807) is 18.6 Å². The molecule has 2 heterocycles. The van der Waals surface area contributed by atoms with Gasteiger partial charge < -0.3 is 14.7 Å². The summed E-state index contributed by atoms with van der Waals surface area (Å²) in [5.41, 5.74) is 6.21. The van der Waals surface area contributed by atoms with Crippen molar-refractivity contribution in [3.63, 3.8) is 0 Å². The summed E-state index contributed by atoms with van der Waals surface area (Å²) in [7, 11) is 0. The number of hydrogen-bond donors (Lipinski definition) is 1. The quantitative estimate of drug-likeness (QED) is 0.831. The first-order chi connectivity index (χ1) is 7.13. The van der Waals surface area contributed by atoms with E-state index in [1.165, 1.54) is 0 Å². The van der Waals surface area contributed by atoms with Crippen LogP contribution in [0.3, 0.4) is 0 Å². The van der Waals surface area contributed by atoms with Gasteiger partial charge in [-0.1, -0.05) is 12.1 Å². The lowest BCUT2D eigenvalue weighted by molar-refractivity contribution is 0.378. The molecule has 0 spiro atoms. The topological polar surface area (TPSA) is 78.1 Å². The van der Waals surface area contributed by atoms with E-state index in [0.717, 1.165) is 12.0 Å². The van der Waals surface area contributed by atoms with Gasteiger partial charge in [-0.25, -0.2) is 0 Å². The highest BCUT2D eigenvalue weighted by molar-refractivity contribution is 5.49. The summed E-state index contributed by atoms with van der Waals surface area (Å²) in [5, 5.41) is 3.86. The van der Waals surface area contributed by atoms with E-state index >= 15 is 0 Å². The molecule has 0 bridgehead atoms. The molecule has 80 valence electrons. The van der Waals surface area contributed by atoms with Gasteiger partial charge in [-0.05, 0) is 19.4 Å². The van der Waals surface area contributed by atoms with Gasteiger partial charge in [0.15, 0.2) is 5.82 Å². The maximum atomic E-state index is 6.00. The third-order valence-electron chi connectivity index (χ3n) is 2.44. The Kier molecular flexibility index (Phi) is 2.32. The fourth-order valence-electron chi connectivity index (χ4n) is 1.12. The molecule has 0 aliphatic rings. The lowest BCUT2D eigenvalue weighted by Gasteiger charge is -2.16. The van der Waals surface area contributed by atoms with Crippen molar-refractivity contribution in [3.05, 3.63) is 24.4 Å². The Morgan fingerprint density at radius 2 is 2.33 bits per heavy atom. The molecule has 0 aliphatic heterocycles. The summed E-state index contributed by atoms with van der Waals surface area (Å²) in [6.45, 7) is 3.85. The molecule has 0 saturated heterocycles. The van der Waals surface area contributed by atoms with Crippen LogP contribution in [0.1, 0.15) is 26.1 Å². The van der Waals surface area contributed by atoms with Crippen LogP contribution >= 0.6 is 0 Å². The summed E-state index contributed by atoms with van der Waals surface area (Å²) < 4.78 is 10.0. The number of rotatable bonds is 3. The van der Waals surface area contributed by atoms with E-state index in [2.05, 4.69) is 10.1 Å². The third-order valence-corrected chi connectivity index (χ3v) is 2.44. The van der Waals surface area contributed by atoms with Crippen LogP contribution in [0.4, 0.5) is 0 Å². The van der Waals surface area contributed by atoms with Gasteiger partial charge in [0.25, 0.3) is 5.89 Å². The van der Waals surface area contributed by atoms with Crippen molar-refractivity contribution >= 4 is 0 Å². The normalized spacial score (nSPS) is 15.1. The molecule has 0 fully saturated rings. The average Bonchev–Trinajstić information content (AvgIpc) is 2.88. The van der Waals surface area contributed by atoms with Crippen LogP contribution in [-0.4, -0.2) is 10.1 Å². The van der Waals surface area contributed by atoms with Crippen molar-refractivity contribution < 1.29 is 8.94 Å². The Bertz CT molecular complexity index is 431. The van der Waals surface area contributed by atoms with Crippen molar-refractivity contribution in [1.82, 2.24) is 10.1 Å². The van der Waals surface area contributed by atoms with Gasteiger partial charge in [0, 0.05) is 0 Å². The first-order valence-electron chi connectivity index (χ1n) is 4.79. The Morgan fingerprint density at radius 3 is 2.93 bits per heavy atom. The number of furan rings is 1. The molecule has 5 nitrogen and oxygen atoms in total. The average molecular weight is 207 g/mol. The second-order valence-corrected chi connectivity index (χ2v) is 3.71. The number of hydrogen-bond acceptors (Lipinski definition) is 5. The van der Waals surface area contributed by atoms with Gasteiger partial charge in [0.05, 0.1) is 17.4 Å². The van der Waals surface area contributed by atoms with E-state index in [4.69, 9.17) is 14.7 Å². The smallest absolute Gasteiger partial charge is 0.261 e. The molecule has 2 rings (SSSR count). The molecular weight excluding hydrogens is 194 g/mol. The molecule has 0 aliphatic carbocycles. The number of aromatic nitrogens is 2. The van der Waals surface area contributed by atoms with Gasteiger partial charge in [-0.3, -0.25) is 0 Å². The zero-order valence-electron chi connectivity index (χ0n) is 8.73. The Labute approximate surface area is 87.3 Å². The van der Waals surface area contributed by atoms with Crippen LogP contribution in [0, 0.1) is 0 Å². The van der Waals surface area contributed by atoms with Gasteiger partial charge >= 0.3 is 0 Å². The monoisotopic (exact) mass is 207 g/mol. The summed E-state index contributed by atoms with van der Waals surface area (Å²) in [6.07, 6.45) is 3.86. The molecule has 2 aromatic rings. The molecule has 2 aromatic heterocycles. The van der Waals surface area contributed by atoms with Crippen molar-refractivity contribution in [2.24, 2.45) is 5.73 Å². The third kappa shape index (κ3) is 1.78. The van der Waals surface area contributed by atoms with Crippen LogP contribution in [0.2, 0.25) is 0 Å². The van der Waals surface area contributed by atoms with E-state index in [9.17, 15) is 0 Å². The second-order valence-electron chi connectivity index (χ2n) is 3.71. The molecule has 0 radical (unpaired) electrons. The fraction of sp³-hybridized carbons (Fsp3) is 0.400. The molecule has 0 amide bonds. The summed E-state index contributed by atoms with van der Waals surface area (Å²) in [4.78, 5) is 4.23. The van der Waals surface area contributed by atoms with Crippen LogP contribution in [-0.2, 0) is 5.54 Å². The maximum Gasteiger partial charge on any atom is 0.261 e. The van der Waals surface area contributed by atoms with Crippen LogP contribution in [0.15, 0.2) is 27.5 Å². The van der Waals surface area contributed by atoms with Crippen molar-refractivity contribution in [2.75, 3.05) is 0 Å². The molecule has 0 aromatic carbocycles. The predicted octanol–water partition coefficient (Wildman–Crippen LogP) is 1.91. The minimum Gasteiger partial charge on any atom is -0.472 e. The van der Waals surface area contributed by atoms with Gasteiger partial charge in [-0.15, -0.1) is 0 Å². The first kappa shape index (κ1) is 9.92. The maximum absolute atomic E-state index is 6.00. The van der Waals surface area contributed by atoms with Crippen LogP contribution in [0.25, 0.3) is 11.5 Å². The van der Waals surface area contributed by atoms with Crippen LogP contribution in [0.5, 0.6) is 0 Å². The van der Waals surface area contributed by atoms with E-state index in [1.807, 2.05) is 13.8 Å². The SMILES string of the molecule is CCC(C)(N)c1noc(-c2ccoc2)n1. The second kappa shape index (κ2) is 3.51. The van der Waals surface area contributed by atoms with Crippen LogP contribution < -0.4 is 5.73 Å². The highest BCUT2D eigenvalue weighted by Crippen LogP contribution is 2.22. The number of nitrogens with two attached hydrogens (primary N) is 1. The summed E-state index contributed by atoms with van der Waals surface area (Å²) in [6, 6.07) is 1.76. The number of nitrogens with zero attached hydrogens (tertiary/aromatic N) is 2. The molecule has 1 atom stereocenters. The minimum atomic E-state index is -0.550. The molecule has 15 heavy (non-hydrogen) atoms. The molecule has 1 unspecified atom stereocenters. The zero-order chi connectivity index (χ0) is 10.9. The molecule has 5 heteroatoms. The molecule has 0 saturated carbocycles. The van der Waals surface area contributed by atoms with Crippen molar-refractivity contribution in [2.45, 2.75) is 25.8 Å². The lowest BCUT2D eigenvalue weighted by atomic mass is 10.0. The van der Waals surface area contributed by atoms with E-state index in [0.29, 0.717) is 11.7 Å². The zero-order valence-corrected chi connectivity index (χ0v) is 8.73. The van der Waals surface area contributed by atoms with E-state index < -0.39 is 5.54 Å². The summed E-state index contributed by atoms with van der Waals surface area (Å²) in [5.74, 6) is 0.949. The predicted molar refractivity (Wildman–Crippen MR) is 53.8 cm³/mol. The van der Waals surface area contributed by atoms with Gasteiger partial charge in [0.2, 0.25) is 0 Å². The lowest BCUT2D eigenvalue weighted by Crippen LogP contribution is -2.33. The first-order valence-corrected chi connectivity index (χ1v) is 4.79. The highest BCUT2D eigenvalue weighted by atomic mass is 16.5. The van der Waals surface area contributed by atoms with Gasteiger partial charge in [-0.2, -0.15) is 4.98 Å². The molecular formula is C10H13N3O2. The van der Waals surface area contributed by atoms with E-state index in [-0.39, 0.29) is 0 Å². The van der Waals surface area contributed by atoms with Crippen molar-refractivity contribution in [3.8, 4) is 11.5 Å². The largest absolute Gasteiger partial charge is 0.472 e. The standard InChI is InChI=1S/C10H13N3O2/c1-3-10(2,11)9-12-8(15-13-9)7-4-5-14-6-7/h4-6H,3,11H2,1-2H3.